The monoisotopic (exact) mass is 438 g/mol. The first-order chi connectivity index (χ1) is 14.6. The van der Waals surface area contributed by atoms with E-state index in [9.17, 15) is 14.4 Å². The largest absolute Gasteiger partial charge is 0.333 e. The summed E-state index contributed by atoms with van der Waals surface area (Å²) in [6.07, 6.45) is 0. The molecule has 1 aromatic heterocycles. The minimum absolute atomic E-state index is 0.0454. The summed E-state index contributed by atoms with van der Waals surface area (Å²) in [6.45, 7) is 7.83. The average molecular weight is 439 g/mol. The van der Waals surface area contributed by atoms with Gasteiger partial charge in [-0.3, -0.25) is 19.5 Å². The van der Waals surface area contributed by atoms with Gasteiger partial charge in [0.15, 0.2) is 5.16 Å². The molecule has 8 heteroatoms. The SMILES string of the molecule is Cc1ccc(Cn2c(SCC(=O)NC(=O)NC(C)(C)C)nc3ccccc3c2=O)cc1. The van der Waals surface area contributed by atoms with Crippen LogP contribution < -0.4 is 16.2 Å². The lowest BCUT2D eigenvalue weighted by molar-refractivity contribution is -0.117. The number of amides is 3. The van der Waals surface area contributed by atoms with Crippen LogP contribution in [-0.2, 0) is 11.3 Å². The number of carbonyl (C=O) groups is 2. The Labute approximate surface area is 185 Å². The highest BCUT2D eigenvalue weighted by atomic mass is 32.2. The van der Waals surface area contributed by atoms with E-state index in [0.717, 1.165) is 22.9 Å². The number of aromatic nitrogens is 2. The second-order valence-corrected chi connectivity index (χ2v) is 9.27. The number of hydrogen-bond acceptors (Lipinski definition) is 5. The zero-order chi connectivity index (χ0) is 22.6. The van der Waals surface area contributed by atoms with Crippen molar-refractivity contribution in [3.63, 3.8) is 0 Å². The van der Waals surface area contributed by atoms with E-state index in [4.69, 9.17) is 0 Å². The van der Waals surface area contributed by atoms with E-state index in [1.165, 1.54) is 0 Å². The van der Waals surface area contributed by atoms with E-state index in [0.29, 0.717) is 22.6 Å². The van der Waals surface area contributed by atoms with Gasteiger partial charge < -0.3 is 5.32 Å². The van der Waals surface area contributed by atoms with Crippen molar-refractivity contribution in [1.82, 2.24) is 20.2 Å². The number of rotatable bonds is 5. The first-order valence-electron chi connectivity index (χ1n) is 9.92. The highest BCUT2D eigenvalue weighted by Crippen LogP contribution is 2.19. The van der Waals surface area contributed by atoms with E-state index in [1.807, 2.05) is 58.0 Å². The summed E-state index contributed by atoms with van der Waals surface area (Å²) in [4.78, 5) is 41.9. The third-order valence-corrected chi connectivity index (χ3v) is 5.34. The number of hydrogen-bond donors (Lipinski definition) is 2. The van der Waals surface area contributed by atoms with Gasteiger partial charge in [-0.2, -0.15) is 0 Å². The predicted octanol–water partition coefficient (Wildman–Crippen LogP) is 3.47. The van der Waals surface area contributed by atoms with Gasteiger partial charge in [0.2, 0.25) is 5.91 Å². The number of imide groups is 1. The molecule has 0 bridgehead atoms. The summed E-state index contributed by atoms with van der Waals surface area (Å²) in [6, 6.07) is 14.5. The Morgan fingerprint density at radius 1 is 1.06 bits per heavy atom. The molecule has 0 fully saturated rings. The number of thioether (sulfide) groups is 1. The molecule has 3 amide bonds. The fourth-order valence-corrected chi connectivity index (χ4v) is 3.74. The van der Waals surface area contributed by atoms with Crippen LogP contribution in [0.3, 0.4) is 0 Å². The van der Waals surface area contributed by atoms with E-state index >= 15 is 0 Å². The fraction of sp³-hybridized carbons (Fsp3) is 0.304. The molecule has 0 aliphatic heterocycles. The first-order valence-corrected chi connectivity index (χ1v) is 10.9. The number of nitrogens with one attached hydrogen (secondary N) is 2. The minimum Gasteiger partial charge on any atom is -0.333 e. The highest BCUT2D eigenvalue weighted by molar-refractivity contribution is 7.99. The standard InChI is InChI=1S/C23H26N4O3S/c1-15-9-11-16(12-10-15)13-27-20(29)17-7-5-6-8-18(17)24-22(27)31-14-19(28)25-21(30)26-23(2,3)4/h5-12H,13-14H2,1-4H3,(H2,25,26,28,30). The Balaban J connectivity index is 1.84. The van der Waals surface area contributed by atoms with Gasteiger partial charge in [0.25, 0.3) is 5.56 Å². The van der Waals surface area contributed by atoms with Crippen molar-refractivity contribution in [1.29, 1.82) is 0 Å². The maximum atomic E-state index is 13.1. The van der Waals surface area contributed by atoms with Crippen LogP contribution in [0.5, 0.6) is 0 Å². The number of fused-ring (bicyclic) bond motifs is 1. The van der Waals surface area contributed by atoms with Crippen molar-refractivity contribution in [3.8, 4) is 0 Å². The topological polar surface area (TPSA) is 93.1 Å². The summed E-state index contributed by atoms with van der Waals surface area (Å²) in [5.41, 5.74) is 2.04. The van der Waals surface area contributed by atoms with Gasteiger partial charge in [0, 0.05) is 5.54 Å². The molecule has 0 spiro atoms. The Hall–Kier alpha value is -3.13. The van der Waals surface area contributed by atoms with Crippen LogP contribution in [0.4, 0.5) is 4.79 Å². The molecule has 2 N–H and O–H groups in total. The molecule has 162 valence electrons. The van der Waals surface area contributed by atoms with Crippen LogP contribution in [0.1, 0.15) is 31.9 Å². The van der Waals surface area contributed by atoms with Crippen LogP contribution in [0.15, 0.2) is 58.5 Å². The molecular formula is C23H26N4O3S. The first kappa shape index (κ1) is 22.6. The number of benzene rings is 2. The molecule has 0 unspecified atom stereocenters. The van der Waals surface area contributed by atoms with E-state index < -0.39 is 17.5 Å². The molecule has 1 heterocycles. The van der Waals surface area contributed by atoms with Crippen LogP contribution in [-0.4, -0.2) is 32.8 Å². The molecule has 31 heavy (non-hydrogen) atoms. The van der Waals surface area contributed by atoms with Crippen molar-refractivity contribution in [2.24, 2.45) is 0 Å². The van der Waals surface area contributed by atoms with Crippen molar-refractivity contribution in [3.05, 3.63) is 70.0 Å². The predicted molar refractivity (Wildman–Crippen MR) is 123 cm³/mol. The zero-order valence-electron chi connectivity index (χ0n) is 18.1. The third-order valence-electron chi connectivity index (χ3n) is 4.36. The third kappa shape index (κ3) is 6.18. The maximum Gasteiger partial charge on any atom is 0.321 e. The summed E-state index contributed by atoms with van der Waals surface area (Å²) < 4.78 is 1.57. The van der Waals surface area contributed by atoms with Crippen molar-refractivity contribution < 1.29 is 9.59 Å². The lowest BCUT2D eigenvalue weighted by atomic mass is 10.1. The molecule has 0 radical (unpaired) electrons. The van der Waals surface area contributed by atoms with Crippen LogP contribution >= 0.6 is 11.8 Å². The Bertz CT molecular complexity index is 1160. The molecule has 0 atom stereocenters. The maximum absolute atomic E-state index is 13.1. The number of nitrogens with zero attached hydrogens (tertiary/aromatic N) is 2. The second kappa shape index (κ2) is 9.34. The molecule has 0 saturated carbocycles. The van der Waals surface area contributed by atoms with Crippen molar-refractivity contribution in [2.45, 2.75) is 44.9 Å². The summed E-state index contributed by atoms with van der Waals surface area (Å²) in [7, 11) is 0. The summed E-state index contributed by atoms with van der Waals surface area (Å²) in [5, 5.41) is 5.94. The molecule has 3 rings (SSSR count). The Morgan fingerprint density at radius 3 is 2.42 bits per heavy atom. The number of urea groups is 1. The van der Waals surface area contributed by atoms with E-state index in [1.54, 1.807) is 22.8 Å². The second-order valence-electron chi connectivity index (χ2n) is 8.33. The average Bonchev–Trinajstić information content (AvgIpc) is 2.69. The summed E-state index contributed by atoms with van der Waals surface area (Å²) >= 11 is 1.13. The molecule has 0 aliphatic carbocycles. The number of aryl methyl sites for hydroxylation is 1. The van der Waals surface area contributed by atoms with E-state index in [2.05, 4.69) is 15.6 Å². The van der Waals surface area contributed by atoms with Gasteiger partial charge in [-0.05, 0) is 45.4 Å². The molecule has 3 aromatic rings. The Kier molecular flexibility index (Phi) is 6.80. The quantitative estimate of drug-likeness (QED) is 0.470. The normalized spacial score (nSPS) is 11.4. The lowest BCUT2D eigenvalue weighted by Gasteiger charge is -2.20. The molecule has 0 aliphatic rings. The van der Waals surface area contributed by atoms with Gasteiger partial charge in [0.1, 0.15) is 0 Å². The highest BCUT2D eigenvalue weighted by Gasteiger charge is 2.17. The summed E-state index contributed by atoms with van der Waals surface area (Å²) in [5.74, 6) is -0.507. The number of carbonyl (C=O) groups excluding carboxylic acids is 2. The van der Waals surface area contributed by atoms with Crippen LogP contribution in [0.2, 0.25) is 0 Å². The minimum atomic E-state index is -0.554. The molecule has 0 saturated heterocycles. The lowest BCUT2D eigenvalue weighted by Crippen LogP contribution is -2.48. The zero-order valence-corrected chi connectivity index (χ0v) is 18.9. The van der Waals surface area contributed by atoms with Crippen molar-refractivity contribution in [2.75, 3.05) is 5.75 Å². The fourth-order valence-electron chi connectivity index (χ4n) is 2.94. The smallest absolute Gasteiger partial charge is 0.321 e. The van der Waals surface area contributed by atoms with Crippen LogP contribution in [0, 0.1) is 6.92 Å². The van der Waals surface area contributed by atoms with Gasteiger partial charge >= 0.3 is 6.03 Å². The Morgan fingerprint density at radius 2 is 1.74 bits per heavy atom. The van der Waals surface area contributed by atoms with Gasteiger partial charge in [-0.25, -0.2) is 9.78 Å². The molecule has 2 aromatic carbocycles. The van der Waals surface area contributed by atoms with Crippen LogP contribution in [0.25, 0.3) is 10.9 Å². The molecule has 7 nitrogen and oxygen atoms in total. The van der Waals surface area contributed by atoms with Gasteiger partial charge in [0.05, 0.1) is 23.2 Å². The van der Waals surface area contributed by atoms with E-state index in [-0.39, 0.29) is 11.3 Å². The van der Waals surface area contributed by atoms with Crippen molar-refractivity contribution >= 4 is 34.6 Å². The van der Waals surface area contributed by atoms with Gasteiger partial charge in [-0.1, -0.05) is 53.7 Å². The van der Waals surface area contributed by atoms with Gasteiger partial charge in [-0.15, -0.1) is 0 Å². The number of para-hydroxylation sites is 1. The molecular weight excluding hydrogens is 412 g/mol.